The van der Waals surface area contributed by atoms with E-state index in [9.17, 15) is 38.1 Å². The van der Waals surface area contributed by atoms with E-state index in [1.165, 1.54) is 18.2 Å². The summed E-state index contributed by atoms with van der Waals surface area (Å²) in [6.45, 7) is 0. The third-order valence-corrected chi connectivity index (χ3v) is 5.88. The molecular weight excluding hydrogens is 492 g/mol. The molecule has 0 saturated heterocycles. The number of non-ortho nitro benzene ring substituents is 1. The zero-order valence-electron chi connectivity index (χ0n) is 18.0. The first-order valence-corrected chi connectivity index (χ1v) is 11.5. The lowest BCUT2D eigenvalue weighted by atomic mass is 10.1. The van der Waals surface area contributed by atoms with Crippen LogP contribution >= 0.6 is 0 Å². The minimum Gasteiger partial charge on any atom is -0.870 e. The second-order valence-corrected chi connectivity index (χ2v) is 8.71. The molecule has 0 spiro atoms. The summed E-state index contributed by atoms with van der Waals surface area (Å²) in [6.07, 6.45) is 0. The SMILES string of the molecule is O=C(Nc1cccc2ccc(O)c(N=Nc3cc([N+](=O)[O-])cc(S(=O)(=O)[O-])c3[O-])c12)c1ccccc1. The fraction of sp³-hybridized carbons (Fsp3) is 0. The number of benzene rings is 4. The van der Waals surface area contributed by atoms with Crippen molar-refractivity contribution in [2.75, 3.05) is 5.32 Å². The molecule has 0 aliphatic rings. The van der Waals surface area contributed by atoms with Gasteiger partial charge in [-0.2, -0.15) is 5.11 Å². The average Bonchev–Trinajstić information content (AvgIpc) is 2.84. The number of hydrogen-bond donors (Lipinski definition) is 2. The number of carbonyl (C=O) groups is 1. The number of nitro groups is 1. The number of phenols is 1. The van der Waals surface area contributed by atoms with E-state index in [4.69, 9.17) is 0 Å². The summed E-state index contributed by atoms with van der Waals surface area (Å²) in [4.78, 5) is 21.5. The maximum Gasteiger partial charge on any atom is 0.272 e. The molecule has 0 aliphatic heterocycles. The maximum atomic E-state index is 12.7. The predicted octanol–water partition coefficient (Wildman–Crippen LogP) is 4.10. The Hall–Kier alpha value is -4.88. The number of aromatic hydroxyl groups is 1. The van der Waals surface area contributed by atoms with E-state index in [1.807, 2.05) is 0 Å². The number of amides is 1. The van der Waals surface area contributed by atoms with Crippen molar-refractivity contribution in [2.24, 2.45) is 10.2 Å². The van der Waals surface area contributed by atoms with Gasteiger partial charge in [-0.25, -0.2) is 8.42 Å². The van der Waals surface area contributed by atoms with E-state index >= 15 is 0 Å². The summed E-state index contributed by atoms with van der Waals surface area (Å²) >= 11 is 0. The number of fused-ring (bicyclic) bond motifs is 1. The highest BCUT2D eigenvalue weighted by atomic mass is 32.2. The van der Waals surface area contributed by atoms with Gasteiger partial charge in [-0.3, -0.25) is 14.9 Å². The molecule has 0 atom stereocenters. The van der Waals surface area contributed by atoms with Gasteiger partial charge in [0.2, 0.25) is 0 Å². The van der Waals surface area contributed by atoms with Gasteiger partial charge in [-0.1, -0.05) is 42.1 Å². The number of nitrogens with zero attached hydrogens (tertiary/aromatic N) is 3. The third-order valence-electron chi connectivity index (χ3n) is 5.04. The van der Waals surface area contributed by atoms with Crippen LogP contribution in [-0.4, -0.2) is 28.9 Å². The number of hydrogen-bond acceptors (Lipinski definition) is 10. The fourth-order valence-electron chi connectivity index (χ4n) is 3.38. The summed E-state index contributed by atoms with van der Waals surface area (Å²) < 4.78 is 34.3. The van der Waals surface area contributed by atoms with Crippen molar-refractivity contribution in [3.05, 3.63) is 88.5 Å². The van der Waals surface area contributed by atoms with E-state index in [0.29, 0.717) is 23.1 Å². The molecule has 4 rings (SSSR count). The van der Waals surface area contributed by atoms with E-state index in [1.54, 1.807) is 42.5 Å². The lowest BCUT2D eigenvalue weighted by Crippen LogP contribution is -2.11. The van der Waals surface area contributed by atoms with Crippen molar-refractivity contribution in [3.63, 3.8) is 0 Å². The van der Waals surface area contributed by atoms with Crippen LogP contribution in [0.2, 0.25) is 0 Å². The van der Waals surface area contributed by atoms with E-state index in [2.05, 4.69) is 15.5 Å². The minimum atomic E-state index is -5.35. The van der Waals surface area contributed by atoms with Crippen LogP contribution in [0, 0.1) is 10.1 Å². The Morgan fingerprint density at radius 1 is 0.972 bits per heavy atom. The summed E-state index contributed by atoms with van der Waals surface area (Å²) in [5.41, 5.74) is -1.29. The molecule has 4 aromatic rings. The lowest BCUT2D eigenvalue weighted by Gasteiger charge is -2.17. The number of carbonyl (C=O) groups excluding carboxylic acids is 1. The molecule has 2 N–H and O–H groups in total. The Morgan fingerprint density at radius 3 is 2.36 bits per heavy atom. The molecule has 36 heavy (non-hydrogen) atoms. The van der Waals surface area contributed by atoms with Crippen LogP contribution in [0.25, 0.3) is 10.8 Å². The van der Waals surface area contributed by atoms with Gasteiger partial charge in [0, 0.05) is 23.1 Å². The summed E-state index contributed by atoms with van der Waals surface area (Å²) in [7, 11) is -5.35. The van der Waals surface area contributed by atoms with Crippen LogP contribution in [0.3, 0.4) is 0 Å². The van der Waals surface area contributed by atoms with Gasteiger partial charge in [-0.15, -0.1) is 5.11 Å². The summed E-state index contributed by atoms with van der Waals surface area (Å²) in [6, 6.07) is 16.9. The van der Waals surface area contributed by atoms with E-state index < -0.39 is 48.7 Å². The van der Waals surface area contributed by atoms with Crippen LogP contribution < -0.4 is 10.4 Å². The number of phenolic OH excluding ortho intramolecular Hbond substituents is 1. The minimum absolute atomic E-state index is 0.214. The van der Waals surface area contributed by atoms with Crippen LogP contribution in [0.1, 0.15) is 10.4 Å². The molecule has 0 aromatic heterocycles. The normalized spacial score (nSPS) is 11.6. The maximum absolute atomic E-state index is 12.7. The number of nitro benzene ring substituents is 1. The third kappa shape index (κ3) is 4.82. The second-order valence-electron chi connectivity index (χ2n) is 7.36. The molecule has 12 nitrogen and oxygen atoms in total. The summed E-state index contributed by atoms with van der Waals surface area (Å²) in [5, 5.41) is 45.0. The van der Waals surface area contributed by atoms with E-state index in [0.717, 1.165) is 0 Å². The van der Waals surface area contributed by atoms with Crippen molar-refractivity contribution >= 4 is 49.5 Å². The summed E-state index contributed by atoms with van der Waals surface area (Å²) in [5.74, 6) is -2.26. The van der Waals surface area contributed by atoms with Gasteiger partial charge >= 0.3 is 0 Å². The topological polar surface area (TPSA) is 197 Å². The molecule has 0 fully saturated rings. The quantitative estimate of drug-likeness (QED) is 0.168. The molecular formula is C23H14N4O8S-2. The number of nitrogens with one attached hydrogen (secondary N) is 1. The molecule has 4 aromatic carbocycles. The molecule has 0 bridgehead atoms. The Labute approximate surface area is 203 Å². The first kappa shape index (κ1) is 24.3. The molecule has 182 valence electrons. The highest BCUT2D eigenvalue weighted by Crippen LogP contribution is 2.42. The zero-order valence-corrected chi connectivity index (χ0v) is 18.8. The zero-order chi connectivity index (χ0) is 26.0. The van der Waals surface area contributed by atoms with E-state index in [-0.39, 0.29) is 16.8 Å². The molecule has 0 unspecified atom stereocenters. The Balaban J connectivity index is 1.85. The van der Waals surface area contributed by atoms with Crippen molar-refractivity contribution in [1.82, 2.24) is 0 Å². The highest BCUT2D eigenvalue weighted by molar-refractivity contribution is 7.85. The Kier molecular flexibility index (Phi) is 6.33. The van der Waals surface area contributed by atoms with Crippen LogP contribution in [0.5, 0.6) is 11.5 Å². The van der Waals surface area contributed by atoms with Gasteiger partial charge in [0.1, 0.15) is 21.6 Å². The van der Waals surface area contributed by atoms with Gasteiger partial charge in [0.05, 0.1) is 21.2 Å². The van der Waals surface area contributed by atoms with Crippen LogP contribution in [-0.2, 0) is 10.1 Å². The van der Waals surface area contributed by atoms with Gasteiger partial charge in [-0.05, 0) is 29.7 Å². The molecule has 13 heteroatoms. The predicted molar refractivity (Wildman–Crippen MR) is 125 cm³/mol. The van der Waals surface area contributed by atoms with Crippen molar-refractivity contribution in [1.29, 1.82) is 0 Å². The smallest absolute Gasteiger partial charge is 0.272 e. The van der Waals surface area contributed by atoms with Crippen LogP contribution in [0.15, 0.2) is 87.9 Å². The Bertz CT molecular complexity index is 1650. The van der Waals surface area contributed by atoms with Gasteiger partial charge in [0.15, 0.2) is 0 Å². The second kappa shape index (κ2) is 9.40. The molecule has 0 radical (unpaired) electrons. The molecule has 0 aliphatic carbocycles. The van der Waals surface area contributed by atoms with Crippen molar-refractivity contribution in [3.8, 4) is 11.5 Å². The number of azo groups is 1. The average molecular weight is 506 g/mol. The first-order chi connectivity index (χ1) is 17.1. The lowest BCUT2D eigenvalue weighted by molar-refractivity contribution is -0.385. The van der Waals surface area contributed by atoms with Crippen molar-refractivity contribution < 1.29 is 32.9 Å². The number of rotatable bonds is 6. The monoisotopic (exact) mass is 506 g/mol. The van der Waals surface area contributed by atoms with Gasteiger partial charge < -0.3 is 20.1 Å². The van der Waals surface area contributed by atoms with Crippen molar-refractivity contribution in [2.45, 2.75) is 4.90 Å². The first-order valence-electron chi connectivity index (χ1n) is 10.0. The molecule has 1 amide bonds. The molecule has 0 saturated carbocycles. The van der Waals surface area contributed by atoms with Gasteiger partial charge in [0.25, 0.3) is 11.6 Å². The Morgan fingerprint density at radius 2 is 1.69 bits per heavy atom. The highest BCUT2D eigenvalue weighted by Gasteiger charge is 2.17. The standard InChI is InChI=1S/C23H16N4O8S/c28-18-10-9-13-7-4-8-16(24-23(30)14-5-2-1-3-6-14)20(13)21(18)26-25-17-11-15(27(31)32)12-19(22(17)29)36(33,34)35/h1-12,28-29H,(H,24,30)(H,33,34,35)/p-2. The largest absolute Gasteiger partial charge is 0.870 e. The fourth-order valence-corrected chi connectivity index (χ4v) is 3.98. The number of anilines is 1. The van der Waals surface area contributed by atoms with Crippen LogP contribution in [0.4, 0.5) is 22.7 Å². The molecule has 0 heterocycles.